The SMILES string of the molecule is CC(O)Cn1c(CN(C)C)nc2ccccc21. The molecule has 0 aliphatic rings. The first-order valence-corrected chi connectivity index (χ1v) is 5.85. The van der Waals surface area contributed by atoms with Crippen molar-refractivity contribution in [3.8, 4) is 0 Å². The van der Waals surface area contributed by atoms with E-state index in [-0.39, 0.29) is 6.10 Å². The lowest BCUT2D eigenvalue weighted by molar-refractivity contribution is 0.172. The van der Waals surface area contributed by atoms with Gasteiger partial charge in [0.2, 0.25) is 0 Å². The number of fused-ring (bicyclic) bond motifs is 1. The standard InChI is InChI=1S/C13H19N3O/c1-10(17)8-16-12-7-5-4-6-11(12)14-13(16)9-15(2)3/h4-7,10,17H,8-9H2,1-3H3. The Labute approximate surface area is 101 Å². The third-order valence-corrected chi connectivity index (χ3v) is 2.64. The van der Waals surface area contributed by atoms with Gasteiger partial charge in [-0.2, -0.15) is 0 Å². The molecule has 0 saturated heterocycles. The van der Waals surface area contributed by atoms with Crippen molar-refractivity contribution in [1.82, 2.24) is 14.5 Å². The van der Waals surface area contributed by atoms with Crippen LogP contribution >= 0.6 is 0 Å². The van der Waals surface area contributed by atoms with Crippen molar-refractivity contribution in [2.45, 2.75) is 26.1 Å². The fraction of sp³-hybridized carbons (Fsp3) is 0.462. The lowest BCUT2D eigenvalue weighted by atomic mass is 10.3. The van der Waals surface area contributed by atoms with Crippen LogP contribution in [-0.4, -0.2) is 39.8 Å². The number of imidazole rings is 1. The third kappa shape index (κ3) is 2.65. The molecular formula is C13H19N3O. The first-order valence-electron chi connectivity index (χ1n) is 5.85. The van der Waals surface area contributed by atoms with E-state index < -0.39 is 0 Å². The van der Waals surface area contributed by atoms with Gasteiger partial charge in [-0.1, -0.05) is 12.1 Å². The van der Waals surface area contributed by atoms with Crippen LogP contribution in [0.4, 0.5) is 0 Å². The molecule has 1 atom stereocenters. The maximum atomic E-state index is 9.58. The zero-order valence-corrected chi connectivity index (χ0v) is 10.6. The van der Waals surface area contributed by atoms with Crippen LogP contribution in [0, 0.1) is 0 Å². The van der Waals surface area contributed by atoms with Crippen LogP contribution in [0.3, 0.4) is 0 Å². The molecule has 1 N–H and O–H groups in total. The van der Waals surface area contributed by atoms with Crippen LogP contribution in [0.25, 0.3) is 11.0 Å². The van der Waals surface area contributed by atoms with E-state index in [0.717, 1.165) is 23.4 Å². The highest BCUT2D eigenvalue weighted by atomic mass is 16.3. The fourth-order valence-corrected chi connectivity index (χ4v) is 2.00. The molecule has 0 amide bonds. The molecule has 4 heteroatoms. The van der Waals surface area contributed by atoms with E-state index in [1.54, 1.807) is 6.92 Å². The van der Waals surface area contributed by atoms with Gasteiger partial charge in [0.05, 0.1) is 30.2 Å². The summed E-state index contributed by atoms with van der Waals surface area (Å²) in [6.07, 6.45) is -0.367. The Kier molecular flexibility index (Phi) is 3.45. The minimum Gasteiger partial charge on any atom is -0.392 e. The van der Waals surface area contributed by atoms with E-state index >= 15 is 0 Å². The summed E-state index contributed by atoms with van der Waals surface area (Å²) >= 11 is 0. The second kappa shape index (κ2) is 4.85. The lowest BCUT2D eigenvalue weighted by Crippen LogP contribution is -2.19. The summed E-state index contributed by atoms with van der Waals surface area (Å²) in [6.45, 7) is 3.17. The number of hydrogen-bond acceptors (Lipinski definition) is 3. The molecule has 0 radical (unpaired) electrons. The summed E-state index contributed by atoms with van der Waals surface area (Å²) in [4.78, 5) is 6.70. The third-order valence-electron chi connectivity index (χ3n) is 2.64. The summed E-state index contributed by atoms with van der Waals surface area (Å²) < 4.78 is 2.10. The summed E-state index contributed by atoms with van der Waals surface area (Å²) in [5, 5.41) is 9.58. The fourth-order valence-electron chi connectivity index (χ4n) is 2.00. The molecule has 92 valence electrons. The summed E-state index contributed by atoms with van der Waals surface area (Å²) in [7, 11) is 4.04. The molecule has 2 aromatic rings. The van der Waals surface area contributed by atoms with Crippen LogP contribution < -0.4 is 0 Å². The molecule has 1 aromatic heterocycles. The van der Waals surface area contributed by atoms with Crippen molar-refractivity contribution >= 4 is 11.0 Å². The Bertz CT molecular complexity index is 502. The van der Waals surface area contributed by atoms with Gasteiger partial charge in [0.1, 0.15) is 5.82 Å². The zero-order valence-electron chi connectivity index (χ0n) is 10.6. The Morgan fingerprint density at radius 3 is 2.71 bits per heavy atom. The number of benzene rings is 1. The molecule has 4 nitrogen and oxygen atoms in total. The van der Waals surface area contributed by atoms with E-state index in [9.17, 15) is 5.11 Å². The Morgan fingerprint density at radius 2 is 2.06 bits per heavy atom. The van der Waals surface area contributed by atoms with Gasteiger partial charge in [-0.15, -0.1) is 0 Å². The van der Waals surface area contributed by atoms with E-state index in [1.165, 1.54) is 0 Å². The van der Waals surface area contributed by atoms with Crippen LogP contribution in [0.1, 0.15) is 12.7 Å². The van der Waals surface area contributed by atoms with Gasteiger partial charge in [-0.05, 0) is 33.2 Å². The van der Waals surface area contributed by atoms with Crippen LogP contribution in [-0.2, 0) is 13.1 Å². The smallest absolute Gasteiger partial charge is 0.124 e. The monoisotopic (exact) mass is 233 g/mol. The molecule has 2 rings (SSSR count). The quantitative estimate of drug-likeness (QED) is 0.869. The Morgan fingerprint density at radius 1 is 1.35 bits per heavy atom. The minimum atomic E-state index is -0.367. The van der Waals surface area contributed by atoms with Crippen LogP contribution in [0.2, 0.25) is 0 Å². The molecule has 0 fully saturated rings. The Balaban J connectivity index is 2.48. The summed E-state index contributed by atoms with van der Waals surface area (Å²) in [5.41, 5.74) is 2.08. The highest BCUT2D eigenvalue weighted by Crippen LogP contribution is 2.17. The predicted octanol–water partition coefficient (Wildman–Crippen LogP) is 1.48. The van der Waals surface area contributed by atoms with Gasteiger partial charge in [-0.25, -0.2) is 4.98 Å². The number of aliphatic hydroxyl groups excluding tert-OH is 1. The van der Waals surface area contributed by atoms with Crippen molar-refractivity contribution in [3.05, 3.63) is 30.1 Å². The number of aromatic nitrogens is 2. The zero-order chi connectivity index (χ0) is 12.4. The number of aliphatic hydroxyl groups is 1. The molecule has 0 spiro atoms. The normalized spacial score (nSPS) is 13.5. The van der Waals surface area contributed by atoms with Crippen molar-refractivity contribution in [1.29, 1.82) is 0 Å². The van der Waals surface area contributed by atoms with Crippen LogP contribution in [0.5, 0.6) is 0 Å². The van der Waals surface area contributed by atoms with Gasteiger partial charge in [0.25, 0.3) is 0 Å². The molecule has 1 heterocycles. The van der Waals surface area contributed by atoms with E-state index in [2.05, 4.69) is 14.5 Å². The second-order valence-electron chi connectivity index (χ2n) is 4.71. The lowest BCUT2D eigenvalue weighted by Gasteiger charge is -2.14. The van der Waals surface area contributed by atoms with Crippen molar-refractivity contribution in [2.75, 3.05) is 14.1 Å². The van der Waals surface area contributed by atoms with Crippen molar-refractivity contribution in [2.24, 2.45) is 0 Å². The molecule has 1 unspecified atom stereocenters. The topological polar surface area (TPSA) is 41.3 Å². The Hall–Kier alpha value is -1.39. The molecule has 1 aromatic carbocycles. The van der Waals surface area contributed by atoms with Crippen LogP contribution in [0.15, 0.2) is 24.3 Å². The molecule has 0 bridgehead atoms. The minimum absolute atomic E-state index is 0.367. The van der Waals surface area contributed by atoms with Gasteiger partial charge in [0, 0.05) is 0 Å². The van der Waals surface area contributed by atoms with Gasteiger partial charge in [-0.3, -0.25) is 0 Å². The van der Waals surface area contributed by atoms with E-state index in [0.29, 0.717) is 6.54 Å². The molecule has 0 saturated carbocycles. The maximum absolute atomic E-state index is 9.58. The van der Waals surface area contributed by atoms with Crippen molar-refractivity contribution in [3.63, 3.8) is 0 Å². The van der Waals surface area contributed by atoms with E-state index in [1.807, 2.05) is 38.4 Å². The highest BCUT2D eigenvalue weighted by molar-refractivity contribution is 5.75. The molecule has 17 heavy (non-hydrogen) atoms. The second-order valence-corrected chi connectivity index (χ2v) is 4.71. The first kappa shape index (κ1) is 12.1. The first-order chi connectivity index (χ1) is 8.08. The maximum Gasteiger partial charge on any atom is 0.124 e. The van der Waals surface area contributed by atoms with Gasteiger partial charge >= 0.3 is 0 Å². The van der Waals surface area contributed by atoms with Crippen molar-refractivity contribution < 1.29 is 5.11 Å². The van der Waals surface area contributed by atoms with E-state index in [4.69, 9.17) is 0 Å². The van der Waals surface area contributed by atoms with Gasteiger partial charge < -0.3 is 14.6 Å². The molecule has 0 aliphatic heterocycles. The highest BCUT2D eigenvalue weighted by Gasteiger charge is 2.12. The largest absolute Gasteiger partial charge is 0.392 e. The number of nitrogens with zero attached hydrogens (tertiary/aromatic N) is 3. The molecular weight excluding hydrogens is 214 g/mol. The molecule has 0 aliphatic carbocycles. The average molecular weight is 233 g/mol. The number of rotatable bonds is 4. The van der Waals surface area contributed by atoms with Gasteiger partial charge in [0.15, 0.2) is 0 Å². The predicted molar refractivity (Wildman–Crippen MR) is 68.8 cm³/mol. The summed E-state index contributed by atoms with van der Waals surface area (Å²) in [6, 6.07) is 8.04. The summed E-state index contributed by atoms with van der Waals surface area (Å²) in [5.74, 6) is 0.997. The number of hydrogen-bond donors (Lipinski definition) is 1. The number of para-hydroxylation sites is 2. The average Bonchev–Trinajstić information content (AvgIpc) is 2.55.